The van der Waals surface area contributed by atoms with Gasteiger partial charge in [-0.05, 0) is 48.7 Å². The van der Waals surface area contributed by atoms with Gasteiger partial charge in [0.25, 0.3) is 5.69 Å². The van der Waals surface area contributed by atoms with E-state index in [2.05, 4.69) is 5.10 Å². The number of amides is 2. The van der Waals surface area contributed by atoms with Crippen LogP contribution in [0.3, 0.4) is 0 Å². The average Bonchev–Trinajstić information content (AvgIpc) is 3.41. The standard InChI is InChI=1S/C22H17Cl2N5O3/c1-13-10-20(14-2-4-17(23)18(24)12-14)28-21(6-8-25-28)27(13)22(30)26-9-7-15-11-16(29(31)32)3-5-19(15)26/h2-6,8,10-12,20H,7,9H2,1H3. The summed E-state index contributed by atoms with van der Waals surface area (Å²) in [6.45, 7) is 2.31. The summed E-state index contributed by atoms with van der Waals surface area (Å²) in [5.41, 5.74) is 3.14. The minimum absolute atomic E-state index is 0.0228. The summed E-state index contributed by atoms with van der Waals surface area (Å²) in [6.07, 6.45) is 4.16. The number of carbonyl (C=O) groups is 1. The third-order valence-corrected chi connectivity index (χ3v) is 6.51. The van der Waals surface area contributed by atoms with E-state index in [-0.39, 0.29) is 17.8 Å². The molecule has 162 valence electrons. The molecule has 1 atom stereocenters. The van der Waals surface area contributed by atoms with Crippen molar-refractivity contribution in [2.75, 3.05) is 16.3 Å². The molecule has 2 amide bonds. The van der Waals surface area contributed by atoms with E-state index in [4.69, 9.17) is 23.2 Å². The molecule has 0 fully saturated rings. The van der Waals surface area contributed by atoms with E-state index < -0.39 is 4.92 Å². The number of urea groups is 1. The zero-order chi connectivity index (χ0) is 22.6. The SMILES string of the molecule is CC1=CC(c2ccc(Cl)c(Cl)c2)n2nccc2N1C(=O)N1CCc2cc([N+](=O)[O-])ccc21. The van der Waals surface area contributed by atoms with Crippen molar-refractivity contribution in [2.24, 2.45) is 0 Å². The summed E-state index contributed by atoms with van der Waals surface area (Å²) in [5, 5.41) is 16.4. The van der Waals surface area contributed by atoms with E-state index in [1.54, 1.807) is 44.9 Å². The molecule has 2 aliphatic rings. The molecule has 5 rings (SSSR count). The van der Waals surface area contributed by atoms with Gasteiger partial charge in [-0.25, -0.2) is 9.48 Å². The van der Waals surface area contributed by atoms with Crippen LogP contribution in [0.5, 0.6) is 0 Å². The number of rotatable bonds is 2. The predicted molar refractivity (Wildman–Crippen MR) is 123 cm³/mol. The van der Waals surface area contributed by atoms with Gasteiger partial charge >= 0.3 is 6.03 Å². The maximum Gasteiger partial charge on any atom is 0.334 e. The second kappa shape index (κ2) is 7.65. The lowest BCUT2D eigenvalue weighted by molar-refractivity contribution is -0.384. The summed E-state index contributed by atoms with van der Waals surface area (Å²) in [6, 6.07) is 11.3. The van der Waals surface area contributed by atoms with Crippen molar-refractivity contribution in [3.63, 3.8) is 0 Å². The fraction of sp³-hybridized carbons (Fsp3) is 0.182. The lowest BCUT2D eigenvalue weighted by atomic mass is 10.0. The fourth-order valence-electron chi connectivity index (χ4n) is 4.26. The maximum absolute atomic E-state index is 13.6. The second-order valence-corrected chi connectivity index (χ2v) is 8.46. The molecule has 1 aromatic heterocycles. The summed E-state index contributed by atoms with van der Waals surface area (Å²) in [5.74, 6) is 0.626. The topological polar surface area (TPSA) is 84.5 Å². The Hall–Kier alpha value is -3.36. The second-order valence-electron chi connectivity index (χ2n) is 7.65. The summed E-state index contributed by atoms with van der Waals surface area (Å²) >= 11 is 12.3. The highest BCUT2D eigenvalue weighted by atomic mass is 35.5. The smallest absolute Gasteiger partial charge is 0.293 e. The minimum atomic E-state index is -0.427. The first-order valence-electron chi connectivity index (χ1n) is 9.91. The molecule has 32 heavy (non-hydrogen) atoms. The normalized spacial score (nSPS) is 17.1. The number of carbonyl (C=O) groups excluding carboxylic acids is 1. The number of hydrogen-bond acceptors (Lipinski definition) is 4. The van der Waals surface area contributed by atoms with Gasteiger partial charge in [-0.15, -0.1) is 0 Å². The van der Waals surface area contributed by atoms with E-state index in [1.165, 1.54) is 12.1 Å². The van der Waals surface area contributed by atoms with Gasteiger partial charge in [-0.2, -0.15) is 5.10 Å². The van der Waals surface area contributed by atoms with E-state index >= 15 is 0 Å². The Balaban J connectivity index is 1.50. The number of nitro benzene ring substituents is 1. The van der Waals surface area contributed by atoms with E-state index in [9.17, 15) is 14.9 Å². The number of anilines is 2. The summed E-state index contributed by atoms with van der Waals surface area (Å²) < 4.78 is 1.76. The molecule has 0 aliphatic carbocycles. The van der Waals surface area contributed by atoms with Crippen LogP contribution in [-0.4, -0.2) is 27.3 Å². The third kappa shape index (κ3) is 3.23. The molecule has 0 N–H and O–H groups in total. The molecule has 1 unspecified atom stereocenters. The number of fused-ring (bicyclic) bond motifs is 2. The number of allylic oxidation sites excluding steroid dienone is 2. The van der Waals surface area contributed by atoms with Gasteiger partial charge < -0.3 is 0 Å². The van der Waals surface area contributed by atoms with Gasteiger partial charge in [0.05, 0.1) is 27.2 Å². The van der Waals surface area contributed by atoms with Crippen LogP contribution < -0.4 is 9.80 Å². The van der Waals surface area contributed by atoms with Crippen molar-refractivity contribution in [3.05, 3.63) is 91.7 Å². The van der Waals surface area contributed by atoms with Crippen molar-refractivity contribution in [1.82, 2.24) is 9.78 Å². The van der Waals surface area contributed by atoms with Gasteiger partial charge in [0, 0.05) is 36.1 Å². The minimum Gasteiger partial charge on any atom is -0.293 e. The highest BCUT2D eigenvalue weighted by Crippen LogP contribution is 2.38. The van der Waals surface area contributed by atoms with Gasteiger partial charge in [0.2, 0.25) is 0 Å². The van der Waals surface area contributed by atoms with Gasteiger partial charge in [-0.3, -0.25) is 19.9 Å². The molecule has 0 spiro atoms. The Morgan fingerprint density at radius 2 is 1.97 bits per heavy atom. The first-order valence-corrected chi connectivity index (χ1v) is 10.7. The Morgan fingerprint density at radius 3 is 2.72 bits per heavy atom. The zero-order valence-electron chi connectivity index (χ0n) is 16.9. The molecule has 2 aliphatic heterocycles. The summed E-state index contributed by atoms with van der Waals surface area (Å²) in [4.78, 5) is 27.5. The molecule has 8 nitrogen and oxygen atoms in total. The average molecular weight is 470 g/mol. The number of halogens is 2. The summed E-state index contributed by atoms with van der Waals surface area (Å²) in [7, 11) is 0. The maximum atomic E-state index is 13.6. The van der Waals surface area contributed by atoms with Crippen molar-refractivity contribution in [3.8, 4) is 0 Å². The van der Waals surface area contributed by atoms with Crippen LogP contribution in [0.1, 0.15) is 24.1 Å². The Labute approximate surface area is 193 Å². The quantitative estimate of drug-likeness (QED) is 0.361. The number of hydrogen-bond donors (Lipinski definition) is 0. The fourth-order valence-corrected chi connectivity index (χ4v) is 4.56. The molecule has 0 radical (unpaired) electrons. The lowest BCUT2D eigenvalue weighted by Gasteiger charge is -2.34. The molecule has 3 heterocycles. The van der Waals surface area contributed by atoms with Crippen LogP contribution in [0.2, 0.25) is 10.0 Å². The van der Waals surface area contributed by atoms with E-state index in [0.717, 1.165) is 16.8 Å². The Morgan fingerprint density at radius 1 is 1.16 bits per heavy atom. The van der Waals surface area contributed by atoms with Crippen LogP contribution in [0.15, 0.2) is 60.4 Å². The van der Waals surface area contributed by atoms with Crippen LogP contribution >= 0.6 is 23.2 Å². The number of non-ortho nitro benzene ring substituents is 1. The van der Waals surface area contributed by atoms with E-state index in [1.807, 2.05) is 19.1 Å². The highest BCUT2D eigenvalue weighted by Gasteiger charge is 2.35. The van der Waals surface area contributed by atoms with Gasteiger partial charge in [0.1, 0.15) is 5.82 Å². The number of nitro groups is 1. The van der Waals surface area contributed by atoms with Crippen LogP contribution in [-0.2, 0) is 6.42 Å². The Kier molecular flexibility index (Phi) is 4.91. The first kappa shape index (κ1) is 20.5. The third-order valence-electron chi connectivity index (χ3n) is 5.77. The molecule has 3 aromatic rings. The van der Waals surface area contributed by atoms with Crippen LogP contribution in [0.4, 0.5) is 22.0 Å². The molecule has 10 heteroatoms. The highest BCUT2D eigenvalue weighted by molar-refractivity contribution is 6.42. The number of benzene rings is 2. The molecular weight excluding hydrogens is 453 g/mol. The number of nitrogens with zero attached hydrogens (tertiary/aromatic N) is 5. The zero-order valence-corrected chi connectivity index (χ0v) is 18.4. The van der Waals surface area contributed by atoms with Crippen LogP contribution in [0, 0.1) is 10.1 Å². The predicted octanol–water partition coefficient (Wildman–Crippen LogP) is 5.59. The van der Waals surface area contributed by atoms with Gasteiger partial charge in [-0.1, -0.05) is 29.3 Å². The first-order chi connectivity index (χ1) is 15.3. The molecular formula is C22H17Cl2N5O3. The van der Waals surface area contributed by atoms with Crippen molar-refractivity contribution >= 4 is 46.4 Å². The van der Waals surface area contributed by atoms with E-state index in [0.29, 0.717) is 34.5 Å². The monoisotopic (exact) mass is 469 g/mol. The lowest BCUT2D eigenvalue weighted by Crippen LogP contribution is -2.44. The molecule has 0 saturated heterocycles. The molecule has 0 saturated carbocycles. The van der Waals surface area contributed by atoms with Crippen molar-refractivity contribution in [1.29, 1.82) is 0 Å². The largest absolute Gasteiger partial charge is 0.334 e. The molecule has 2 aromatic carbocycles. The molecule has 0 bridgehead atoms. The van der Waals surface area contributed by atoms with Crippen molar-refractivity contribution < 1.29 is 9.72 Å². The van der Waals surface area contributed by atoms with Crippen LogP contribution in [0.25, 0.3) is 0 Å². The van der Waals surface area contributed by atoms with Gasteiger partial charge in [0.15, 0.2) is 0 Å². The Bertz CT molecular complexity index is 1300. The van der Waals surface area contributed by atoms with Crippen molar-refractivity contribution in [2.45, 2.75) is 19.4 Å². The number of aromatic nitrogens is 2.